The summed E-state index contributed by atoms with van der Waals surface area (Å²) in [5.41, 5.74) is 2.27. The van der Waals surface area contributed by atoms with Crippen molar-refractivity contribution in [1.29, 1.82) is 0 Å². The van der Waals surface area contributed by atoms with Crippen LogP contribution in [0.25, 0.3) is 0 Å². The van der Waals surface area contributed by atoms with Crippen molar-refractivity contribution in [3.05, 3.63) is 34.9 Å². The van der Waals surface area contributed by atoms with Gasteiger partial charge in [0.25, 0.3) is 0 Å². The summed E-state index contributed by atoms with van der Waals surface area (Å²) in [6.07, 6.45) is 6.17. The number of aromatic carboxylic acids is 1. The number of fused-ring (bicyclic) bond motifs is 1. The van der Waals surface area contributed by atoms with Gasteiger partial charge in [-0.15, -0.1) is 0 Å². The number of carboxylic acids is 1. The van der Waals surface area contributed by atoms with Crippen LogP contribution in [0.15, 0.2) is 18.2 Å². The van der Waals surface area contributed by atoms with Crippen LogP contribution in [0.5, 0.6) is 0 Å². The maximum Gasteiger partial charge on any atom is 0.335 e. The topological polar surface area (TPSA) is 57.6 Å². The second-order valence-electron chi connectivity index (χ2n) is 6.17. The molecule has 3 rings (SSSR count). The lowest BCUT2D eigenvalue weighted by Gasteiger charge is -2.30. The molecule has 0 bridgehead atoms. The first-order valence-electron chi connectivity index (χ1n) is 7.77. The highest BCUT2D eigenvalue weighted by atomic mass is 16.4. The molecular formula is C17H21NO3. The van der Waals surface area contributed by atoms with Gasteiger partial charge in [0.05, 0.1) is 5.56 Å². The molecular weight excluding hydrogens is 266 g/mol. The van der Waals surface area contributed by atoms with Crippen LogP contribution in [-0.4, -0.2) is 28.4 Å². The van der Waals surface area contributed by atoms with E-state index in [1.807, 2.05) is 11.0 Å². The Labute approximate surface area is 124 Å². The maximum atomic E-state index is 12.4. The fraction of sp³-hybridized carbons (Fsp3) is 0.529. The minimum atomic E-state index is -0.877. The van der Waals surface area contributed by atoms with Gasteiger partial charge in [0, 0.05) is 19.5 Å². The lowest BCUT2D eigenvalue weighted by atomic mass is 9.93. The van der Waals surface area contributed by atoms with Crippen LogP contribution >= 0.6 is 0 Å². The molecule has 4 nitrogen and oxygen atoms in total. The molecule has 1 aromatic rings. The van der Waals surface area contributed by atoms with E-state index in [4.69, 9.17) is 0 Å². The molecule has 0 saturated heterocycles. The quantitative estimate of drug-likeness (QED) is 0.930. The molecule has 1 N–H and O–H groups in total. The Bertz CT molecular complexity index is 561. The van der Waals surface area contributed by atoms with Crippen LogP contribution in [0.1, 0.15) is 53.6 Å². The Morgan fingerprint density at radius 1 is 1.24 bits per heavy atom. The summed E-state index contributed by atoms with van der Waals surface area (Å²) in [5.74, 6) is -0.0879. The Kier molecular flexibility index (Phi) is 3.95. The van der Waals surface area contributed by atoms with Crippen LogP contribution in [-0.2, 0) is 17.8 Å². The zero-order valence-corrected chi connectivity index (χ0v) is 12.2. The van der Waals surface area contributed by atoms with Crippen molar-refractivity contribution in [3.8, 4) is 0 Å². The van der Waals surface area contributed by atoms with Crippen molar-refractivity contribution in [3.63, 3.8) is 0 Å². The zero-order valence-electron chi connectivity index (χ0n) is 12.2. The number of benzene rings is 1. The third kappa shape index (κ3) is 2.94. The molecule has 0 atom stereocenters. The predicted octanol–water partition coefficient (Wildman–Crippen LogP) is 2.85. The number of carbonyl (C=O) groups is 2. The molecule has 1 aliphatic carbocycles. The third-order valence-electron chi connectivity index (χ3n) is 4.79. The zero-order chi connectivity index (χ0) is 14.8. The average Bonchev–Trinajstić information content (AvgIpc) is 2.98. The number of amides is 1. The minimum absolute atomic E-state index is 0.230. The number of nitrogens with zero attached hydrogens (tertiary/aromatic N) is 1. The number of carboxylic acid groups (broad SMARTS) is 1. The largest absolute Gasteiger partial charge is 0.478 e. The van der Waals surface area contributed by atoms with Gasteiger partial charge in [0.15, 0.2) is 0 Å². The summed E-state index contributed by atoms with van der Waals surface area (Å²) in [5, 5.41) is 9.23. The molecule has 21 heavy (non-hydrogen) atoms. The number of rotatable bonds is 3. The van der Waals surface area contributed by atoms with E-state index in [0.717, 1.165) is 11.1 Å². The first-order valence-corrected chi connectivity index (χ1v) is 7.77. The SMILES string of the molecule is O=C(O)c1cccc2c1CCN(C(=O)CC1CCCC1)C2. The van der Waals surface area contributed by atoms with E-state index in [9.17, 15) is 14.7 Å². The summed E-state index contributed by atoms with van der Waals surface area (Å²) in [6, 6.07) is 5.36. The van der Waals surface area contributed by atoms with E-state index < -0.39 is 5.97 Å². The Morgan fingerprint density at radius 3 is 2.71 bits per heavy atom. The van der Waals surface area contributed by atoms with Gasteiger partial charge in [0.2, 0.25) is 5.91 Å². The smallest absolute Gasteiger partial charge is 0.335 e. The molecule has 1 heterocycles. The van der Waals surface area contributed by atoms with Gasteiger partial charge < -0.3 is 10.0 Å². The van der Waals surface area contributed by atoms with Crippen molar-refractivity contribution in [2.45, 2.75) is 45.1 Å². The Balaban J connectivity index is 1.71. The van der Waals surface area contributed by atoms with Gasteiger partial charge in [-0.2, -0.15) is 0 Å². The standard InChI is InChI=1S/C17H21NO3/c19-16(10-12-4-1-2-5-12)18-9-8-14-13(11-18)6-3-7-15(14)17(20)21/h3,6-7,12H,1-2,4-5,8-11H2,(H,20,21). The van der Waals surface area contributed by atoms with Gasteiger partial charge >= 0.3 is 5.97 Å². The Morgan fingerprint density at radius 2 is 2.00 bits per heavy atom. The molecule has 1 fully saturated rings. The van der Waals surface area contributed by atoms with E-state index >= 15 is 0 Å². The molecule has 1 aromatic carbocycles. The highest BCUT2D eigenvalue weighted by Gasteiger charge is 2.26. The van der Waals surface area contributed by atoms with E-state index in [1.54, 1.807) is 12.1 Å². The monoisotopic (exact) mass is 287 g/mol. The molecule has 4 heteroatoms. The van der Waals surface area contributed by atoms with Crippen LogP contribution in [0, 0.1) is 5.92 Å². The van der Waals surface area contributed by atoms with Gasteiger partial charge in [-0.1, -0.05) is 25.0 Å². The fourth-order valence-corrected chi connectivity index (χ4v) is 3.61. The van der Waals surface area contributed by atoms with E-state index in [-0.39, 0.29) is 5.91 Å². The van der Waals surface area contributed by atoms with Crippen LogP contribution in [0.2, 0.25) is 0 Å². The summed E-state index contributed by atoms with van der Waals surface area (Å²) in [6.45, 7) is 1.20. The molecule has 112 valence electrons. The van der Waals surface area contributed by atoms with Crippen LogP contribution in [0.4, 0.5) is 0 Å². The van der Waals surface area contributed by atoms with Gasteiger partial charge in [-0.05, 0) is 42.4 Å². The number of hydrogen-bond donors (Lipinski definition) is 1. The first-order chi connectivity index (χ1) is 10.1. The minimum Gasteiger partial charge on any atom is -0.478 e. The van der Waals surface area contributed by atoms with Crippen molar-refractivity contribution >= 4 is 11.9 Å². The summed E-state index contributed by atoms with van der Waals surface area (Å²) in [7, 11) is 0. The lowest BCUT2D eigenvalue weighted by Crippen LogP contribution is -2.37. The maximum absolute atomic E-state index is 12.4. The van der Waals surface area contributed by atoms with E-state index in [0.29, 0.717) is 37.4 Å². The second kappa shape index (κ2) is 5.88. The number of carbonyl (C=O) groups excluding carboxylic acids is 1. The molecule has 2 aliphatic rings. The van der Waals surface area contributed by atoms with E-state index in [1.165, 1.54) is 25.7 Å². The van der Waals surface area contributed by atoms with Crippen LogP contribution in [0.3, 0.4) is 0 Å². The summed E-state index contributed by atoms with van der Waals surface area (Å²) >= 11 is 0. The summed E-state index contributed by atoms with van der Waals surface area (Å²) < 4.78 is 0. The molecule has 0 radical (unpaired) electrons. The molecule has 0 unspecified atom stereocenters. The normalized spacial score (nSPS) is 18.6. The highest BCUT2D eigenvalue weighted by molar-refractivity contribution is 5.90. The Hall–Kier alpha value is -1.84. The predicted molar refractivity (Wildman–Crippen MR) is 79.1 cm³/mol. The second-order valence-corrected chi connectivity index (χ2v) is 6.17. The van der Waals surface area contributed by atoms with Gasteiger partial charge in [-0.3, -0.25) is 4.79 Å². The van der Waals surface area contributed by atoms with Crippen molar-refractivity contribution in [2.24, 2.45) is 5.92 Å². The van der Waals surface area contributed by atoms with Crippen molar-refractivity contribution < 1.29 is 14.7 Å². The van der Waals surface area contributed by atoms with Gasteiger partial charge in [-0.25, -0.2) is 4.79 Å². The van der Waals surface area contributed by atoms with Crippen LogP contribution < -0.4 is 0 Å². The van der Waals surface area contributed by atoms with E-state index in [2.05, 4.69) is 0 Å². The fourth-order valence-electron chi connectivity index (χ4n) is 3.61. The number of hydrogen-bond acceptors (Lipinski definition) is 2. The van der Waals surface area contributed by atoms with Crippen molar-refractivity contribution in [2.75, 3.05) is 6.54 Å². The lowest BCUT2D eigenvalue weighted by molar-refractivity contribution is -0.133. The van der Waals surface area contributed by atoms with Crippen molar-refractivity contribution in [1.82, 2.24) is 4.90 Å². The first kappa shape index (κ1) is 14.1. The molecule has 1 amide bonds. The third-order valence-corrected chi connectivity index (χ3v) is 4.79. The van der Waals surface area contributed by atoms with Gasteiger partial charge in [0.1, 0.15) is 0 Å². The average molecular weight is 287 g/mol. The highest BCUT2D eigenvalue weighted by Crippen LogP contribution is 2.29. The molecule has 1 saturated carbocycles. The summed E-state index contributed by atoms with van der Waals surface area (Å²) in [4.78, 5) is 25.5. The molecule has 1 aliphatic heterocycles. The molecule has 0 spiro atoms. The molecule has 0 aromatic heterocycles.